The summed E-state index contributed by atoms with van der Waals surface area (Å²) in [6, 6.07) is 5.07. The Morgan fingerprint density at radius 1 is 1.41 bits per heavy atom. The van der Waals surface area contributed by atoms with Gasteiger partial charge in [0.25, 0.3) is 0 Å². The maximum absolute atomic E-state index is 10.2. The Kier molecular flexibility index (Phi) is 2.77. The van der Waals surface area contributed by atoms with Gasteiger partial charge in [-0.3, -0.25) is 0 Å². The number of hydrogen-bond donors (Lipinski definition) is 3. The van der Waals surface area contributed by atoms with Gasteiger partial charge in [-0.2, -0.15) is 0 Å². The van der Waals surface area contributed by atoms with Gasteiger partial charge in [-0.25, -0.2) is 0 Å². The maximum Gasteiger partial charge on any atom is 0.122 e. The van der Waals surface area contributed by atoms with E-state index in [1.165, 1.54) is 6.07 Å². The number of phenolic OH excluding ortho intramolecular Hbond substituents is 1. The van der Waals surface area contributed by atoms with Crippen LogP contribution >= 0.6 is 0 Å². The fourth-order valence-corrected chi connectivity index (χ4v) is 2.21. The van der Waals surface area contributed by atoms with Gasteiger partial charge in [0.1, 0.15) is 17.6 Å². The van der Waals surface area contributed by atoms with Crippen molar-refractivity contribution >= 4 is 0 Å². The number of aliphatic hydroxyl groups excluding tert-OH is 2. The fourth-order valence-electron chi connectivity index (χ4n) is 2.21. The molecule has 0 fully saturated rings. The van der Waals surface area contributed by atoms with Crippen LogP contribution in [0.5, 0.6) is 5.75 Å². The largest absolute Gasteiger partial charge is 0.508 e. The molecule has 3 N–H and O–H groups in total. The number of benzene rings is 1. The highest BCUT2D eigenvalue weighted by atomic mass is 16.3. The molecule has 0 saturated carbocycles. The topological polar surface area (TPSA) is 60.7 Å². The molecule has 0 bridgehead atoms. The summed E-state index contributed by atoms with van der Waals surface area (Å²) in [5.41, 5.74) is 2.32. The molecule has 0 heterocycles. The van der Waals surface area contributed by atoms with E-state index in [9.17, 15) is 15.3 Å². The molecular weight excluding hydrogens is 216 g/mol. The smallest absolute Gasteiger partial charge is 0.122 e. The first-order chi connectivity index (χ1) is 8.06. The molecule has 88 valence electrons. The summed E-state index contributed by atoms with van der Waals surface area (Å²) in [6.45, 7) is 7.10. The highest BCUT2D eigenvalue weighted by molar-refractivity contribution is 5.55. The van der Waals surface area contributed by atoms with Crippen molar-refractivity contribution in [2.24, 2.45) is 0 Å². The molecule has 1 atom stereocenters. The van der Waals surface area contributed by atoms with Gasteiger partial charge in [0.05, 0.1) is 0 Å². The maximum atomic E-state index is 10.2. The Morgan fingerprint density at radius 2 is 2.12 bits per heavy atom. The average Bonchev–Trinajstić information content (AvgIpc) is 2.27. The molecule has 1 unspecified atom stereocenters. The summed E-state index contributed by atoms with van der Waals surface area (Å²) < 4.78 is 0. The van der Waals surface area contributed by atoms with Gasteiger partial charge in [-0.05, 0) is 23.6 Å². The molecule has 0 amide bonds. The van der Waals surface area contributed by atoms with Gasteiger partial charge in [0.2, 0.25) is 0 Å². The van der Waals surface area contributed by atoms with E-state index in [2.05, 4.69) is 13.2 Å². The summed E-state index contributed by atoms with van der Waals surface area (Å²) in [6.07, 6.45) is 1.04. The van der Waals surface area contributed by atoms with E-state index in [-0.39, 0.29) is 11.5 Å². The zero-order valence-electron chi connectivity index (χ0n) is 9.35. The number of allylic oxidation sites excluding steroid dienone is 2. The van der Waals surface area contributed by atoms with Crippen molar-refractivity contribution in [3.05, 3.63) is 65.5 Å². The van der Waals surface area contributed by atoms with Gasteiger partial charge in [0, 0.05) is 11.1 Å². The SMILES string of the molecule is C=CC1=C(C(=C)O)C(O)c2c(O)cccc2C1. The standard InChI is InChI=1S/C14H14O3/c1-3-9-7-10-5-4-6-11(16)13(10)14(17)12(9)8(2)15/h3-6,14-17H,1-2,7H2. The molecule has 0 spiro atoms. The first-order valence-corrected chi connectivity index (χ1v) is 5.28. The molecule has 3 nitrogen and oxygen atoms in total. The van der Waals surface area contributed by atoms with Crippen molar-refractivity contribution in [1.29, 1.82) is 0 Å². The van der Waals surface area contributed by atoms with Gasteiger partial charge >= 0.3 is 0 Å². The Bertz CT molecular complexity index is 526. The van der Waals surface area contributed by atoms with Gasteiger partial charge in [0.15, 0.2) is 0 Å². The quantitative estimate of drug-likeness (QED) is 0.684. The molecule has 2 rings (SSSR count). The fraction of sp³-hybridized carbons (Fsp3) is 0.143. The monoisotopic (exact) mass is 230 g/mol. The van der Waals surface area contributed by atoms with E-state index in [1.807, 2.05) is 6.07 Å². The lowest BCUT2D eigenvalue weighted by Gasteiger charge is -2.26. The van der Waals surface area contributed by atoms with Crippen molar-refractivity contribution in [3.8, 4) is 5.75 Å². The zero-order valence-corrected chi connectivity index (χ0v) is 9.35. The molecular formula is C14H14O3. The number of hydrogen-bond acceptors (Lipinski definition) is 3. The molecule has 3 heteroatoms. The lowest BCUT2D eigenvalue weighted by molar-refractivity contribution is 0.198. The number of aliphatic hydroxyl groups is 2. The summed E-state index contributed by atoms with van der Waals surface area (Å²) in [4.78, 5) is 0. The molecule has 17 heavy (non-hydrogen) atoms. The predicted molar refractivity (Wildman–Crippen MR) is 65.8 cm³/mol. The van der Waals surface area contributed by atoms with E-state index < -0.39 is 6.10 Å². The van der Waals surface area contributed by atoms with E-state index in [0.717, 1.165) is 11.1 Å². The Balaban J connectivity index is 2.64. The van der Waals surface area contributed by atoms with Crippen molar-refractivity contribution in [2.75, 3.05) is 0 Å². The van der Waals surface area contributed by atoms with Crippen LogP contribution in [0.3, 0.4) is 0 Å². The zero-order chi connectivity index (χ0) is 12.6. The Labute approximate surface area is 99.7 Å². The third kappa shape index (κ3) is 1.74. The first-order valence-electron chi connectivity index (χ1n) is 5.28. The van der Waals surface area contributed by atoms with Crippen molar-refractivity contribution in [2.45, 2.75) is 12.5 Å². The molecule has 1 aromatic carbocycles. The third-order valence-corrected chi connectivity index (χ3v) is 3.00. The molecule has 0 aromatic heterocycles. The van der Waals surface area contributed by atoms with Gasteiger partial charge in [-0.1, -0.05) is 31.4 Å². The normalized spacial score (nSPS) is 18.8. The molecule has 1 aliphatic carbocycles. The van der Waals surface area contributed by atoms with Crippen LogP contribution in [0, 0.1) is 0 Å². The van der Waals surface area contributed by atoms with Crippen LogP contribution in [-0.4, -0.2) is 15.3 Å². The van der Waals surface area contributed by atoms with Crippen LogP contribution in [0.2, 0.25) is 0 Å². The van der Waals surface area contributed by atoms with Crippen LogP contribution in [-0.2, 0) is 6.42 Å². The van der Waals surface area contributed by atoms with E-state index in [1.54, 1.807) is 12.1 Å². The number of phenols is 1. The summed E-state index contributed by atoms with van der Waals surface area (Å²) >= 11 is 0. The molecule has 0 saturated heterocycles. The van der Waals surface area contributed by atoms with Crippen LogP contribution in [0.4, 0.5) is 0 Å². The summed E-state index contributed by atoms with van der Waals surface area (Å²) in [5, 5.41) is 29.5. The second kappa shape index (κ2) is 4.11. The summed E-state index contributed by atoms with van der Waals surface area (Å²) in [5.74, 6) is -0.168. The Hall–Kier alpha value is -2.00. The third-order valence-electron chi connectivity index (χ3n) is 3.00. The van der Waals surface area contributed by atoms with Crippen molar-refractivity contribution in [3.63, 3.8) is 0 Å². The highest BCUT2D eigenvalue weighted by Gasteiger charge is 2.29. The molecule has 0 aliphatic heterocycles. The minimum Gasteiger partial charge on any atom is -0.508 e. The lowest BCUT2D eigenvalue weighted by Crippen LogP contribution is -2.15. The number of aromatic hydroxyl groups is 1. The predicted octanol–water partition coefficient (Wildman–Crippen LogP) is 2.54. The Morgan fingerprint density at radius 3 is 2.71 bits per heavy atom. The number of fused-ring (bicyclic) bond motifs is 1. The van der Waals surface area contributed by atoms with Crippen LogP contribution in [0.1, 0.15) is 17.2 Å². The average molecular weight is 230 g/mol. The lowest BCUT2D eigenvalue weighted by atomic mass is 9.82. The summed E-state index contributed by atoms with van der Waals surface area (Å²) in [7, 11) is 0. The van der Waals surface area contributed by atoms with Gasteiger partial charge in [-0.15, -0.1) is 0 Å². The highest BCUT2D eigenvalue weighted by Crippen LogP contribution is 2.41. The van der Waals surface area contributed by atoms with Crippen LogP contribution < -0.4 is 0 Å². The molecule has 1 aromatic rings. The number of rotatable bonds is 2. The van der Waals surface area contributed by atoms with Gasteiger partial charge < -0.3 is 15.3 Å². The second-order valence-electron chi connectivity index (χ2n) is 4.02. The van der Waals surface area contributed by atoms with Crippen LogP contribution in [0.15, 0.2) is 54.3 Å². The minimum atomic E-state index is -1.06. The van der Waals surface area contributed by atoms with Crippen molar-refractivity contribution < 1.29 is 15.3 Å². The first kappa shape index (κ1) is 11.5. The second-order valence-corrected chi connectivity index (χ2v) is 4.02. The van der Waals surface area contributed by atoms with E-state index in [4.69, 9.17) is 0 Å². The van der Waals surface area contributed by atoms with E-state index in [0.29, 0.717) is 17.6 Å². The minimum absolute atomic E-state index is 0.0249. The van der Waals surface area contributed by atoms with Crippen molar-refractivity contribution in [1.82, 2.24) is 0 Å². The molecule has 1 aliphatic rings. The van der Waals surface area contributed by atoms with Crippen LogP contribution in [0.25, 0.3) is 0 Å². The van der Waals surface area contributed by atoms with E-state index >= 15 is 0 Å². The molecule has 0 radical (unpaired) electrons.